The Bertz CT molecular complexity index is 1600. The molecule has 4 aromatic rings. The highest BCUT2D eigenvalue weighted by molar-refractivity contribution is 8.00. The number of amides is 2. The van der Waals surface area contributed by atoms with Gasteiger partial charge < -0.3 is 24.8 Å². The number of esters is 1. The Hall–Kier alpha value is -4.54. The molecule has 5 rings (SSSR count). The number of aryl methyl sites for hydroxylation is 1. The molecule has 3 aromatic carbocycles. The van der Waals surface area contributed by atoms with Crippen LogP contribution < -0.4 is 20.1 Å². The molecule has 0 saturated carbocycles. The van der Waals surface area contributed by atoms with E-state index in [0.717, 1.165) is 17.3 Å². The van der Waals surface area contributed by atoms with Crippen molar-refractivity contribution < 1.29 is 28.6 Å². The average Bonchev–Trinajstić information content (AvgIpc) is 3.45. The second-order valence-electron chi connectivity index (χ2n) is 8.91. The molecule has 1 aliphatic rings. The maximum Gasteiger partial charge on any atom is 0.342 e. The number of anilines is 2. The van der Waals surface area contributed by atoms with Crippen LogP contribution in [0.5, 0.6) is 11.5 Å². The van der Waals surface area contributed by atoms with E-state index in [-0.39, 0.29) is 29.0 Å². The summed E-state index contributed by atoms with van der Waals surface area (Å²) in [7, 11) is 0. The van der Waals surface area contributed by atoms with Crippen LogP contribution in [0.4, 0.5) is 11.4 Å². The number of ether oxygens (including phenoxy) is 3. The average molecular weight is 590 g/mol. The SMILES string of the molecule is Cc1ccc(NC(=O)[C@H](OC(=O)c2cccnc2SCC(=O)Nc2ccc3c(c2)OCO3)c2ccccc2)cc1Cl. The Kier molecular flexibility index (Phi) is 8.71. The van der Waals surface area contributed by atoms with Gasteiger partial charge in [-0.2, -0.15) is 0 Å². The highest BCUT2D eigenvalue weighted by atomic mass is 35.5. The fourth-order valence-corrected chi connectivity index (χ4v) is 4.88. The standard InChI is InChI=1S/C30H24ClN3O6S/c1-18-9-10-20(14-23(18)31)34-28(36)27(19-6-3-2-4-7-19)40-30(37)22-8-5-13-32-29(22)41-16-26(35)33-21-11-12-24-25(15-21)39-17-38-24/h2-15,27H,16-17H2,1H3,(H,33,35)(H,34,36)/t27-/m1/s1. The van der Waals surface area contributed by atoms with Gasteiger partial charge in [-0.1, -0.05) is 59.8 Å². The van der Waals surface area contributed by atoms with Crippen molar-refractivity contribution in [1.82, 2.24) is 4.98 Å². The molecule has 0 aliphatic carbocycles. The van der Waals surface area contributed by atoms with Crippen LogP contribution in [-0.2, 0) is 14.3 Å². The van der Waals surface area contributed by atoms with Crippen molar-refractivity contribution >= 4 is 52.5 Å². The van der Waals surface area contributed by atoms with Crippen molar-refractivity contribution in [3.8, 4) is 11.5 Å². The summed E-state index contributed by atoms with van der Waals surface area (Å²) in [6, 6.07) is 22.0. The number of nitrogens with zero attached hydrogens (tertiary/aromatic N) is 1. The molecule has 0 saturated heterocycles. The van der Waals surface area contributed by atoms with E-state index in [2.05, 4.69) is 15.6 Å². The number of hydrogen-bond acceptors (Lipinski definition) is 8. The molecule has 9 nitrogen and oxygen atoms in total. The fraction of sp³-hybridized carbons (Fsp3) is 0.133. The zero-order valence-electron chi connectivity index (χ0n) is 21.8. The Balaban J connectivity index is 1.28. The van der Waals surface area contributed by atoms with E-state index in [4.69, 9.17) is 25.8 Å². The van der Waals surface area contributed by atoms with Gasteiger partial charge in [0.15, 0.2) is 11.5 Å². The lowest BCUT2D eigenvalue weighted by atomic mass is 10.1. The summed E-state index contributed by atoms with van der Waals surface area (Å²) in [6.07, 6.45) is 0.258. The number of fused-ring (bicyclic) bond motifs is 1. The van der Waals surface area contributed by atoms with Gasteiger partial charge in [0, 0.05) is 34.2 Å². The first-order valence-electron chi connectivity index (χ1n) is 12.5. The summed E-state index contributed by atoms with van der Waals surface area (Å²) in [5, 5.41) is 6.34. The summed E-state index contributed by atoms with van der Waals surface area (Å²) in [5.74, 6) is -0.486. The molecule has 0 spiro atoms. The number of pyridine rings is 1. The van der Waals surface area contributed by atoms with Crippen LogP contribution in [0.25, 0.3) is 0 Å². The molecular weight excluding hydrogens is 566 g/mol. The molecule has 0 bridgehead atoms. The molecule has 0 radical (unpaired) electrons. The van der Waals surface area contributed by atoms with E-state index < -0.39 is 18.0 Å². The molecule has 2 amide bonds. The normalized spacial score (nSPS) is 12.3. The second kappa shape index (κ2) is 12.8. The fourth-order valence-electron chi connectivity index (χ4n) is 3.92. The minimum absolute atomic E-state index is 0.0253. The number of carbonyl (C=O) groups is 3. The summed E-state index contributed by atoms with van der Waals surface area (Å²) >= 11 is 7.28. The lowest BCUT2D eigenvalue weighted by molar-refractivity contribution is -0.125. The topological polar surface area (TPSA) is 116 Å². The quantitative estimate of drug-likeness (QED) is 0.179. The van der Waals surface area contributed by atoms with Gasteiger partial charge >= 0.3 is 5.97 Å². The number of benzene rings is 3. The van der Waals surface area contributed by atoms with Crippen molar-refractivity contribution in [1.29, 1.82) is 0 Å². The first-order chi connectivity index (χ1) is 19.9. The number of thioether (sulfide) groups is 1. The van der Waals surface area contributed by atoms with Crippen LogP contribution in [0.1, 0.15) is 27.6 Å². The summed E-state index contributed by atoms with van der Waals surface area (Å²) < 4.78 is 16.4. The Morgan fingerprint density at radius 3 is 2.51 bits per heavy atom. The first-order valence-corrected chi connectivity index (χ1v) is 13.8. The summed E-state index contributed by atoms with van der Waals surface area (Å²) in [5.41, 5.74) is 2.49. The lowest BCUT2D eigenvalue weighted by Gasteiger charge is -2.19. The minimum Gasteiger partial charge on any atom is -0.454 e. The van der Waals surface area contributed by atoms with Crippen LogP contribution >= 0.6 is 23.4 Å². The van der Waals surface area contributed by atoms with E-state index in [1.165, 1.54) is 12.3 Å². The van der Waals surface area contributed by atoms with Gasteiger partial charge in [0.05, 0.1) is 11.3 Å². The lowest BCUT2D eigenvalue weighted by Crippen LogP contribution is -2.26. The monoisotopic (exact) mass is 589 g/mol. The third-order valence-corrected chi connectivity index (χ3v) is 7.40. The van der Waals surface area contributed by atoms with E-state index in [0.29, 0.717) is 33.5 Å². The maximum absolute atomic E-state index is 13.3. The Morgan fingerprint density at radius 1 is 0.951 bits per heavy atom. The van der Waals surface area contributed by atoms with Crippen LogP contribution in [0, 0.1) is 6.92 Å². The van der Waals surface area contributed by atoms with Gasteiger partial charge in [0.1, 0.15) is 5.03 Å². The Morgan fingerprint density at radius 2 is 1.71 bits per heavy atom. The second-order valence-corrected chi connectivity index (χ2v) is 10.3. The molecule has 1 atom stereocenters. The zero-order chi connectivity index (χ0) is 28.8. The van der Waals surface area contributed by atoms with Gasteiger partial charge in [-0.05, 0) is 48.9 Å². The van der Waals surface area contributed by atoms with Crippen molar-refractivity contribution in [3.63, 3.8) is 0 Å². The predicted octanol–water partition coefficient (Wildman–Crippen LogP) is 6.04. The Labute approximate surface area is 245 Å². The molecule has 1 aliphatic heterocycles. The van der Waals surface area contributed by atoms with Crippen molar-refractivity contribution in [2.24, 2.45) is 0 Å². The number of hydrogen-bond donors (Lipinski definition) is 2. The molecule has 2 heterocycles. The molecule has 208 valence electrons. The largest absolute Gasteiger partial charge is 0.454 e. The highest BCUT2D eigenvalue weighted by Crippen LogP contribution is 2.34. The van der Waals surface area contributed by atoms with Crippen LogP contribution in [-0.4, -0.2) is 35.3 Å². The third kappa shape index (κ3) is 6.97. The van der Waals surface area contributed by atoms with Gasteiger partial charge in [0.25, 0.3) is 5.91 Å². The van der Waals surface area contributed by atoms with E-state index in [9.17, 15) is 14.4 Å². The van der Waals surface area contributed by atoms with Gasteiger partial charge in [-0.3, -0.25) is 9.59 Å². The van der Waals surface area contributed by atoms with E-state index in [1.807, 2.05) is 6.92 Å². The number of carbonyl (C=O) groups excluding carboxylic acids is 3. The van der Waals surface area contributed by atoms with Crippen molar-refractivity contribution in [3.05, 3.63) is 107 Å². The zero-order valence-corrected chi connectivity index (χ0v) is 23.3. The van der Waals surface area contributed by atoms with E-state index >= 15 is 0 Å². The number of nitrogens with one attached hydrogen (secondary N) is 2. The number of aromatic nitrogens is 1. The summed E-state index contributed by atoms with van der Waals surface area (Å²) in [6.45, 7) is 1.99. The van der Waals surface area contributed by atoms with Crippen LogP contribution in [0.2, 0.25) is 5.02 Å². The molecular formula is C30H24ClN3O6S. The third-order valence-electron chi connectivity index (χ3n) is 5.99. The van der Waals surface area contributed by atoms with Gasteiger partial charge in [-0.25, -0.2) is 9.78 Å². The molecule has 0 unspecified atom stereocenters. The smallest absolute Gasteiger partial charge is 0.342 e. The highest BCUT2D eigenvalue weighted by Gasteiger charge is 2.27. The molecule has 11 heteroatoms. The molecule has 1 aromatic heterocycles. The molecule has 41 heavy (non-hydrogen) atoms. The van der Waals surface area contributed by atoms with E-state index in [1.54, 1.807) is 72.8 Å². The molecule has 0 fully saturated rings. The van der Waals surface area contributed by atoms with Crippen molar-refractivity contribution in [2.75, 3.05) is 23.2 Å². The minimum atomic E-state index is -1.25. The van der Waals surface area contributed by atoms with Gasteiger partial charge in [0.2, 0.25) is 18.8 Å². The van der Waals surface area contributed by atoms with Gasteiger partial charge in [-0.15, -0.1) is 0 Å². The van der Waals surface area contributed by atoms with Crippen molar-refractivity contribution in [2.45, 2.75) is 18.1 Å². The molecule has 2 N–H and O–H groups in total. The maximum atomic E-state index is 13.3. The number of rotatable bonds is 9. The van der Waals surface area contributed by atoms with Crippen LogP contribution in [0.3, 0.4) is 0 Å². The first kappa shape index (κ1) is 28.0. The predicted molar refractivity (Wildman–Crippen MR) is 156 cm³/mol. The summed E-state index contributed by atoms with van der Waals surface area (Å²) in [4.78, 5) is 43.5. The van der Waals surface area contributed by atoms with Crippen LogP contribution in [0.15, 0.2) is 90.1 Å². The number of halogens is 1.